The van der Waals surface area contributed by atoms with E-state index in [2.05, 4.69) is 0 Å². The lowest BCUT2D eigenvalue weighted by Crippen LogP contribution is -2.15. The third kappa shape index (κ3) is 3.03. The molecule has 0 radical (unpaired) electrons. The van der Waals surface area contributed by atoms with E-state index in [0.717, 1.165) is 5.76 Å². The van der Waals surface area contributed by atoms with Crippen LogP contribution >= 0.6 is 0 Å². The van der Waals surface area contributed by atoms with Gasteiger partial charge in [-0.1, -0.05) is 0 Å². The molecule has 1 aromatic heterocycles. The number of hydrogen-bond donors (Lipinski definition) is 1. The summed E-state index contributed by atoms with van der Waals surface area (Å²) in [7, 11) is 0. The highest BCUT2D eigenvalue weighted by molar-refractivity contribution is 5.78. The third-order valence-corrected chi connectivity index (χ3v) is 2.08. The summed E-state index contributed by atoms with van der Waals surface area (Å²) in [5, 5.41) is 8.73. The highest BCUT2D eigenvalue weighted by atomic mass is 16.3. The van der Waals surface area contributed by atoms with Gasteiger partial charge in [0.2, 0.25) is 0 Å². The molecule has 3 nitrogen and oxygen atoms in total. The molecule has 72 valence electrons. The van der Waals surface area contributed by atoms with Gasteiger partial charge in [-0.2, -0.15) is 0 Å². The summed E-state index contributed by atoms with van der Waals surface area (Å²) in [4.78, 5) is 11.1. The summed E-state index contributed by atoms with van der Waals surface area (Å²) in [6.45, 7) is 1.59. The molecule has 0 aromatic carbocycles. The third-order valence-electron chi connectivity index (χ3n) is 2.08. The molecule has 0 aliphatic carbocycles. The van der Waals surface area contributed by atoms with Gasteiger partial charge in [-0.25, -0.2) is 0 Å². The van der Waals surface area contributed by atoms with Gasteiger partial charge in [-0.3, -0.25) is 4.79 Å². The van der Waals surface area contributed by atoms with Crippen LogP contribution in [0.1, 0.15) is 19.1 Å². The van der Waals surface area contributed by atoms with Crippen molar-refractivity contribution < 1.29 is 14.3 Å². The highest BCUT2D eigenvalue weighted by Crippen LogP contribution is 2.13. The van der Waals surface area contributed by atoms with Gasteiger partial charge in [-0.05, 0) is 25.5 Å². The van der Waals surface area contributed by atoms with Gasteiger partial charge in [0.15, 0.2) is 0 Å². The van der Waals surface area contributed by atoms with Crippen molar-refractivity contribution in [2.75, 3.05) is 6.61 Å². The maximum atomic E-state index is 11.1. The van der Waals surface area contributed by atoms with E-state index in [0.29, 0.717) is 12.8 Å². The number of furan rings is 1. The summed E-state index contributed by atoms with van der Waals surface area (Å²) in [5.74, 6) is 0.787. The highest BCUT2D eigenvalue weighted by Gasteiger charge is 2.15. The van der Waals surface area contributed by atoms with Crippen LogP contribution in [0.3, 0.4) is 0 Å². The molecule has 1 unspecified atom stereocenters. The van der Waals surface area contributed by atoms with E-state index in [9.17, 15) is 4.79 Å². The Morgan fingerprint density at radius 3 is 2.92 bits per heavy atom. The van der Waals surface area contributed by atoms with Crippen molar-refractivity contribution in [3.63, 3.8) is 0 Å². The first kappa shape index (κ1) is 9.99. The van der Waals surface area contributed by atoms with Crippen molar-refractivity contribution >= 4 is 5.78 Å². The van der Waals surface area contributed by atoms with Crippen molar-refractivity contribution in [2.45, 2.75) is 19.8 Å². The Morgan fingerprint density at radius 2 is 2.46 bits per heavy atom. The van der Waals surface area contributed by atoms with Crippen LogP contribution in [0.2, 0.25) is 0 Å². The molecular weight excluding hydrogens is 168 g/mol. The average molecular weight is 182 g/mol. The standard InChI is InChI=1S/C10H14O3/c1-8(12)9(4-5-11)7-10-3-2-6-13-10/h2-3,6,9,11H,4-5,7H2,1H3. The molecule has 0 bridgehead atoms. The van der Waals surface area contributed by atoms with E-state index in [4.69, 9.17) is 9.52 Å². The fraction of sp³-hybridized carbons (Fsp3) is 0.500. The number of ketones is 1. The number of rotatable bonds is 5. The Bertz CT molecular complexity index is 251. The molecule has 3 heteroatoms. The zero-order valence-electron chi connectivity index (χ0n) is 7.69. The normalized spacial score (nSPS) is 12.8. The summed E-state index contributed by atoms with van der Waals surface area (Å²) < 4.78 is 5.13. The van der Waals surface area contributed by atoms with Crippen LogP contribution in [0.15, 0.2) is 22.8 Å². The van der Waals surface area contributed by atoms with E-state index in [1.54, 1.807) is 19.3 Å². The number of hydrogen-bond acceptors (Lipinski definition) is 3. The lowest BCUT2D eigenvalue weighted by molar-refractivity contribution is -0.121. The number of Topliss-reactive ketones (excluding diaryl/α,β-unsaturated/α-hetero) is 1. The van der Waals surface area contributed by atoms with Crippen LogP contribution in [0.5, 0.6) is 0 Å². The average Bonchev–Trinajstić information content (AvgIpc) is 2.56. The van der Waals surface area contributed by atoms with E-state index >= 15 is 0 Å². The lowest BCUT2D eigenvalue weighted by atomic mass is 9.96. The molecule has 1 N–H and O–H groups in total. The number of aliphatic hydroxyl groups excluding tert-OH is 1. The second-order valence-electron chi connectivity index (χ2n) is 3.10. The summed E-state index contributed by atoms with van der Waals surface area (Å²) >= 11 is 0. The minimum Gasteiger partial charge on any atom is -0.469 e. The predicted octanol–water partition coefficient (Wildman–Crippen LogP) is 1.41. The molecule has 0 aliphatic heterocycles. The first-order valence-electron chi connectivity index (χ1n) is 4.37. The van der Waals surface area contributed by atoms with E-state index in [1.165, 1.54) is 0 Å². The van der Waals surface area contributed by atoms with Gasteiger partial charge >= 0.3 is 0 Å². The van der Waals surface area contributed by atoms with Crippen LogP contribution in [0, 0.1) is 5.92 Å². The Hall–Kier alpha value is -1.09. The van der Waals surface area contributed by atoms with Crippen LogP contribution in [0.25, 0.3) is 0 Å². The fourth-order valence-electron chi connectivity index (χ4n) is 1.28. The SMILES string of the molecule is CC(=O)C(CCO)Cc1ccco1. The molecule has 13 heavy (non-hydrogen) atoms. The van der Waals surface area contributed by atoms with Gasteiger partial charge in [-0.15, -0.1) is 0 Å². The molecule has 0 spiro atoms. The van der Waals surface area contributed by atoms with Gasteiger partial charge in [0.25, 0.3) is 0 Å². The van der Waals surface area contributed by atoms with Crippen LogP contribution in [-0.4, -0.2) is 17.5 Å². The zero-order valence-corrected chi connectivity index (χ0v) is 7.69. The van der Waals surface area contributed by atoms with Crippen molar-refractivity contribution in [3.8, 4) is 0 Å². The summed E-state index contributed by atoms with van der Waals surface area (Å²) in [6.07, 6.45) is 2.68. The summed E-state index contributed by atoms with van der Waals surface area (Å²) in [6, 6.07) is 3.64. The topological polar surface area (TPSA) is 50.4 Å². The Morgan fingerprint density at radius 1 is 1.69 bits per heavy atom. The van der Waals surface area contributed by atoms with Gasteiger partial charge < -0.3 is 9.52 Å². The monoisotopic (exact) mass is 182 g/mol. The summed E-state index contributed by atoms with van der Waals surface area (Å²) in [5.41, 5.74) is 0. The largest absolute Gasteiger partial charge is 0.469 e. The van der Waals surface area contributed by atoms with Crippen LogP contribution in [-0.2, 0) is 11.2 Å². The van der Waals surface area contributed by atoms with Crippen LogP contribution in [0.4, 0.5) is 0 Å². The van der Waals surface area contributed by atoms with Gasteiger partial charge in [0, 0.05) is 18.9 Å². The van der Waals surface area contributed by atoms with Gasteiger partial charge in [0.1, 0.15) is 11.5 Å². The molecule has 0 aliphatic rings. The van der Waals surface area contributed by atoms with E-state index < -0.39 is 0 Å². The Kier molecular flexibility index (Phi) is 3.71. The van der Waals surface area contributed by atoms with Crippen molar-refractivity contribution in [1.82, 2.24) is 0 Å². The van der Waals surface area contributed by atoms with Crippen molar-refractivity contribution in [1.29, 1.82) is 0 Å². The minimum absolute atomic E-state index is 0.0466. The minimum atomic E-state index is -0.115. The quantitative estimate of drug-likeness (QED) is 0.749. The number of carbonyl (C=O) groups is 1. The Labute approximate surface area is 77.4 Å². The molecule has 0 saturated carbocycles. The molecule has 0 fully saturated rings. The smallest absolute Gasteiger partial charge is 0.133 e. The fourth-order valence-corrected chi connectivity index (χ4v) is 1.28. The molecule has 0 saturated heterocycles. The first-order chi connectivity index (χ1) is 6.24. The van der Waals surface area contributed by atoms with Gasteiger partial charge in [0.05, 0.1) is 6.26 Å². The molecule has 1 rings (SSSR count). The second-order valence-corrected chi connectivity index (χ2v) is 3.10. The molecular formula is C10H14O3. The molecule has 0 amide bonds. The molecule has 1 aromatic rings. The molecule has 1 heterocycles. The van der Waals surface area contributed by atoms with Crippen molar-refractivity contribution in [2.24, 2.45) is 5.92 Å². The maximum Gasteiger partial charge on any atom is 0.133 e. The second kappa shape index (κ2) is 4.82. The van der Waals surface area contributed by atoms with Crippen LogP contribution < -0.4 is 0 Å². The molecule has 1 atom stereocenters. The lowest BCUT2D eigenvalue weighted by Gasteiger charge is -2.09. The maximum absolute atomic E-state index is 11.1. The van der Waals surface area contributed by atoms with Crippen molar-refractivity contribution in [3.05, 3.63) is 24.2 Å². The zero-order chi connectivity index (χ0) is 9.68. The van der Waals surface area contributed by atoms with E-state index in [1.807, 2.05) is 6.07 Å². The Balaban J connectivity index is 2.52. The number of carbonyl (C=O) groups excluding carboxylic acids is 1. The first-order valence-corrected chi connectivity index (χ1v) is 4.37. The predicted molar refractivity (Wildman–Crippen MR) is 48.3 cm³/mol. The number of aliphatic hydroxyl groups is 1. The van der Waals surface area contributed by atoms with E-state index in [-0.39, 0.29) is 18.3 Å².